The summed E-state index contributed by atoms with van der Waals surface area (Å²) >= 11 is 0. The molecule has 1 unspecified atom stereocenters. The number of carbonyl (C=O) groups is 1. The van der Waals surface area contributed by atoms with Crippen molar-refractivity contribution in [3.05, 3.63) is 29.6 Å². The molecule has 2 N–H and O–H groups in total. The van der Waals surface area contributed by atoms with Crippen molar-refractivity contribution in [2.24, 2.45) is 5.73 Å². The molecule has 110 valence electrons. The summed E-state index contributed by atoms with van der Waals surface area (Å²) in [7, 11) is 0. The number of aromatic nitrogens is 1. The third-order valence-corrected chi connectivity index (χ3v) is 3.47. The molecule has 2 rings (SSSR count). The van der Waals surface area contributed by atoms with Crippen LogP contribution in [0.1, 0.15) is 35.3 Å². The molecule has 1 amide bonds. The average Bonchev–Trinajstić information content (AvgIpc) is 2.45. The Labute approximate surface area is 114 Å². The fourth-order valence-electron chi connectivity index (χ4n) is 2.35. The monoisotopic (exact) mass is 287 g/mol. The van der Waals surface area contributed by atoms with Gasteiger partial charge in [-0.05, 0) is 31.4 Å². The maximum atomic E-state index is 12.4. The van der Waals surface area contributed by atoms with Gasteiger partial charge in [-0.1, -0.05) is 0 Å². The minimum atomic E-state index is -4.44. The Balaban J connectivity index is 2.16. The van der Waals surface area contributed by atoms with Gasteiger partial charge >= 0.3 is 6.18 Å². The van der Waals surface area contributed by atoms with E-state index in [-0.39, 0.29) is 17.6 Å². The van der Waals surface area contributed by atoms with Crippen LogP contribution in [0.5, 0.6) is 0 Å². The topological polar surface area (TPSA) is 59.2 Å². The van der Waals surface area contributed by atoms with Crippen LogP contribution < -0.4 is 5.73 Å². The highest BCUT2D eigenvalue weighted by atomic mass is 19.4. The van der Waals surface area contributed by atoms with E-state index >= 15 is 0 Å². The standard InChI is InChI=1S/C13H16F3N3O/c14-13(15,16)9-4-5-11(18-8-9)12(20)19-6-2-1-3-10(19)7-17/h4-5,8,10H,1-3,6-7,17H2. The maximum absolute atomic E-state index is 12.4. The molecule has 0 radical (unpaired) electrons. The Morgan fingerprint density at radius 3 is 2.70 bits per heavy atom. The molecule has 1 fully saturated rings. The molecule has 1 aliphatic rings. The van der Waals surface area contributed by atoms with E-state index in [0.29, 0.717) is 19.3 Å². The van der Waals surface area contributed by atoms with Gasteiger partial charge in [0.05, 0.1) is 5.56 Å². The van der Waals surface area contributed by atoms with E-state index in [4.69, 9.17) is 5.73 Å². The van der Waals surface area contributed by atoms with Crippen LogP contribution in [0.2, 0.25) is 0 Å². The van der Waals surface area contributed by atoms with Crippen molar-refractivity contribution < 1.29 is 18.0 Å². The van der Waals surface area contributed by atoms with Crippen molar-refractivity contribution in [1.29, 1.82) is 0 Å². The van der Waals surface area contributed by atoms with Crippen molar-refractivity contribution >= 4 is 5.91 Å². The van der Waals surface area contributed by atoms with E-state index in [1.165, 1.54) is 0 Å². The van der Waals surface area contributed by atoms with Crippen molar-refractivity contribution in [2.45, 2.75) is 31.5 Å². The molecule has 20 heavy (non-hydrogen) atoms. The first-order valence-electron chi connectivity index (χ1n) is 6.48. The number of amides is 1. The summed E-state index contributed by atoms with van der Waals surface area (Å²) in [5.74, 6) is -0.353. The van der Waals surface area contributed by atoms with Crippen molar-refractivity contribution in [3.63, 3.8) is 0 Å². The van der Waals surface area contributed by atoms with Crippen LogP contribution in [0, 0.1) is 0 Å². The second kappa shape index (κ2) is 5.78. The van der Waals surface area contributed by atoms with Gasteiger partial charge < -0.3 is 10.6 Å². The summed E-state index contributed by atoms with van der Waals surface area (Å²) in [5.41, 5.74) is 4.80. The molecule has 0 aliphatic carbocycles. The normalized spacial score (nSPS) is 20.0. The van der Waals surface area contributed by atoms with Gasteiger partial charge in [0.1, 0.15) is 5.69 Å². The highest BCUT2D eigenvalue weighted by molar-refractivity contribution is 5.92. The summed E-state index contributed by atoms with van der Waals surface area (Å²) in [6, 6.07) is 1.94. The number of carbonyl (C=O) groups excluding carboxylic acids is 1. The van der Waals surface area contributed by atoms with Crippen molar-refractivity contribution in [3.8, 4) is 0 Å². The fourth-order valence-corrected chi connectivity index (χ4v) is 2.35. The van der Waals surface area contributed by atoms with Gasteiger partial charge in [0.2, 0.25) is 0 Å². The van der Waals surface area contributed by atoms with Gasteiger partial charge in [-0.15, -0.1) is 0 Å². The lowest BCUT2D eigenvalue weighted by atomic mass is 10.0. The minimum absolute atomic E-state index is 0.0263. The van der Waals surface area contributed by atoms with Crippen LogP contribution in [-0.4, -0.2) is 34.9 Å². The number of alkyl halides is 3. The zero-order valence-electron chi connectivity index (χ0n) is 10.9. The Bertz CT molecular complexity index is 473. The van der Waals surface area contributed by atoms with Gasteiger partial charge in [-0.3, -0.25) is 9.78 Å². The van der Waals surface area contributed by atoms with Gasteiger partial charge in [0, 0.05) is 25.3 Å². The molecule has 1 aromatic heterocycles. The number of likely N-dealkylation sites (tertiary alicyclic amines) is 1. The molecule has 4 nitrogen and oxygen atoms in total. The lowest BCUT2D eigenvalue weighted by Gasteiger charge is -2.34. The Kier molecular flexibility index (Phi) is 4.27. The van der Waals surface area contributed by atoms with E-state index in [9.17, 15) is 18.0 Å². The molecule has 1 saturated heterocycles. The fraction of sp³-hybridized carbons (Fsp3) is 0.538. The first kappa shape index (κ1) is 14.8. The molecule has 7 heteroatoms. The zero-order chi connectivity index (χ0) is 14.8. The number of pyridine rings is 1. The Hall–Kier alpha value is -1.63. The summed E-state index contributed by atoms with van der Waals surface area (Å²) < 4.78 is 37.3. The maximum Gasteiger partial charge on any atom is 0.417 e. The lowest BCUT2D eigenvalue weighted by molar-refractivity contribution is -0.137. The first-order chi connectivity index (χ1) is 9.43. The SMILES string of the molecule is NCC1CCCCN1C(=O)c1ccc(C(F)(F)F)cn1. The van der Waals surface area contributed by atoms with Crippen LogP contribution in [0.15, 0.2) is 18.3 Å². The number of rotatable bonds is 2. The quantitative estimate of drug-likeness (QED) is 0.905. The van der Waals surface area contributed by atoms with E-state index in [1.54, 1.807) is 4.90 Å². The lowest BCUT2D eigenvalue weighted by Crippen LogP contribution is -2.47. The van der Waals surface area contributed by atoms with Gasteiger partial charge in [-0.2, -0.15) is 13.2 Å². The van der Waals surface area contributed by atoms with E-state index in [2.05, 4.69) is 4.98 Å². The van der Waals surface area contributed by atoms with Crippen LogP contribution in [-0.2, 0) is 6.18 Å². The Morgan fingerprint density at radius 1 is 1.40 bits per heavy atom. The largest absolute Gasteiger partial charge is 0.417 e. The zero-order valence-corrected chi connectivity index (χ0v) is 10.9. The molecular formula is C13H16F3N3O. The van der Waals surface area contributed by atoms with Crippen LogP contribution in [0.3, 0.4) is 0 Å². The molecule has 1 atom stereocenters. The predicted octanol–water partition coefficient (Wildman–Crippen LogP) is 2.05. The number of nitrogens with two attached hydrogens (primary N) is 1. The van der Waals surface area contributed by atoms with Gasteiger partial charge in [-0.25, -0.2) is 0 Å². The predicted molar refractivity (Wildman–Crippen MR) is 67.0 cm³/mol. The number of piperidine rings is 1. The number of halogens is 3. The summed E-state index contributed by atoms with van der Waals surface area (Å²) in [4.78, 5) is 17.5. The number of hydrogen-bond donors (Lipinski definition) is 1. The first-order valence-corrected chi connectivity index (χ1v) is 6.48. The molecular weight excluding hydrogens is 271 g/mol. The molecule has 0 saturated carbocycles. The van der Waals surface area contributed by atoms with Crippen molar-refractivity contribution in [2.75, 3.05) is 13.1 Å². The molecule has 0 aromatic carbocycles. The summed E-state index contributed by atoms with van der Waals surface area (Å²) in [6.07, 6.45) is -1.05. The van der Waals surface area contributed by atoms with Crippen LogP contribution in [0.4, 0.5) is 13.2 Å². The van der Waals surface area contributed by atoms with Crippen molar-refractivity contribution in [1.82, 2.24) is 9.88 Å². The van der Waals surface area contributed by atoms with Gasteiger partial charge in [0.15, 0.2) is 0 Å². The third-order valence-electron chi connectivity index (χ3n) is 3.47. The third kappa shape index (κ3) is 3.09. The molecule has 0 spiro atoms. The summed E-state index contributed by atoms with van der Waals surface area (Å²) in [6.45, 7) is 0.926. The van der Waals surface area contributed by atoms with Crippen LogP contribution >= 0.6 is 0 Å². The molecule has 1 aromatic rings. The van der Waals surface area contributed by atoms with E-state index in [1.807, 2.05) is 0 Å². The van der Waals surface area contributed by atoms with Crippen LogP contribution in [0.25, 0.3) is 0 Å². The molecule has 1 aliphatic heterocycles. The molecule has 2 heterocycles. The average molecular weight is 287 g/mol. The molecule has 0 bridgehead atoms. The van der Waals surface area contributed by atoms with E-state index in [0.717, 1.165) is 31.4 Å². The summed E-state index contributed by atoms with van der Waals surface area (Å²) in [5, 5.41) is 0. The van der Waals surface area contributed by atoms with Gasteiger partial charge in [0.25, 0.3) is 5.91 Å². The van der Waals surface area contributed by atoms with E-state index < -0.39 is 11.7 Å². The highest BCUT2D eigenvalue weighted by Gasteiger charge is 2.32. The second-order valence-corrected chi connectivity index (χ2v) is 4.81. The minimum Gasteiger partial charge on any atom is -0.333 e. The highest BCUT2D eigenvalue weighted by Crippen LogP contribution is 2.28. The number of hydrogen-bond acceptors (Lipinski definition) is 3. The Morgan fingerprint density at radius 2 is 2.15 bits per heavy atom. The smallest absolute Gasteiger partial charge is 0.333 e. The second-order valence-electron chi connectivity index (χ2n) is 4.81. The number of nitrogens with zero attached hydrogens (tertiary/aromatic N) is 2.